The standard InChI is InChI=1S/C17H22ClN3/c1-10(2)21-15-7-6-12(18)8-14(15)20-17(21)16-13-5-3-4-11(13)9-19-16/h6-8,10-11,13,16,19H,3-5,9H2,1-2H3. The average Bonchev–Trinajstić information content (AvgIpc) is 3.09. The lowest BCUT2D eigenvalue weighted by Crippen LogP contribution is -2.23. The van der Waals surface area contributed by atoms with Gasteiger partial charge >= 0.3 is 0 Å². The second kappa shape index (κ2) is 4.99. The van der Waals surface area contributed by atoms with Crippen molar-refractivity contribution < 1.29 is 0 Å². The third-order valence-corrected chi connectivity index (χ3v) is 5.45. The van der Waals surface area contributed by atoms with Crippen LogP contribution in [0.2, 0.25) is 5.02 Å². The maximum Gasteiger partial charge on any atom is 0.127 e. The molecule has 3 nitrogen and oxygen atoms in total. The van der Waals surface area contributed by atoms with Crippen molar-refractivity contribution in [3.63, 3.8) is 0 Å². The number of rotatable bonds is 2. The fourth-order valence-electron chi connectivity index (χ4n) is 4.32. The van der Waals surface area contributed by atoms with Gasteiger partial charge in [-0.05, 0) is 63.3 Å². The van der Waals surface area contributed by atoms with E-state index in [1.54, 1.807) is 0 Å². The number of nitrogens with zero attached hydrogens (tertiary/aromatic N) is 2. The van der Waals surface area contributed by atoms with Gasteiger partial charge in [-0.3, -0.25) is 0 Å². The largest absolute Gasteiger partial charge is 0.324 e. The number of benzene rings is 1. The van der Waals surface area contributed by atoms with Gasteiger partial charge in [0.1, 0.15) is 5.82 Å². The molecule has 2 fully saturated rings. The van der Waals surface area contributed by atoms with Crippen molar-refractivity contribution in [2.75, 3.05) is 6.54 Å². The first-order chi connectivity index (χ1) is 10.1. The first kappa shape index (κ1) is 13.6. The van der Waals surface area contributed by atoms with Crippen molar-refractivity contribution in [1.82, 2.24) is 14.9 Å². The molecule has 112 valence electrons. The maximum atomic E-state index is 6.14. The number of hydrogen-bond donors (Lipinski definition) is 1. The predicted molar refractivity (Wildman–Crippen MR) is 86.7 cm³/mol. The van der Waals surface area contributed by atoms with E-state index in [1.165, 1.54) is 30.6 Å². The van der Waals surface area contributed by atoms with Gasteiger partial charge in [-0.15, -0.1) is 0 Å². The van der Waals surface area contributed by atoms with E-state index < -0.39 is 0 Å². The Morgan fingerprint density at radius 3 is 3.00 bits per heavy atom. The average molecular weight is 304 g/mol. The van der Waals surface area contributed by atoms with Crippen molar-refractivity contribution in [1.29, 1.82) is 0 Å². The molecule has 0 bridgehead atoms. The van der Waals surface area contributed by atoms with Crippen LogP contribution in [0, 0.1) is 11.8 Å². The highest BCUT2D eigenvalue weighted by Gasteiger charge is 2.41. The molecular formula is C17H22ClN3. The topological polar surface area (TPSA) is 29.9 Å². The van der Waals surface area contributed by atoms with Crippen LogP contribution in [0.3, 0.4) is 0 Å². The molecule has 0 amide bonds. The molecule has 1 aromatic carbocycles. The van der Waals surface area contributed by atoms with Crippen LogP contribution in [0.1, 0.15) is 51.0 Å². The van der Waals surface area contributed by atoms with E-state index in [0.29, 0.717) is 12.1 Å². The molecule has 2 aliphatic rings. The molecule has 1 N–H and O–H groups in total. The van der Waals surface area contributed by atoms with Crippen LogP contribution >= 0.6 is 11.6 Å². The summed E-state index contributed by atoms with van der Waals surface area (Å²) in [6.07, 6.45) is 4.09. The Hall–Kier alpha value is -1.06. The molecule has 3 atom stereocenters. The lowest BCUT2D eigenvalue weighted by Gasteiger charge is -2.21. The zero-order chi connectivity index (χ0) is 14.6. The fraction of sp³-hybridized carbons (Fsp3) is 0.588. The Kier molecular flexibility index (Phi) is 3.23. The third-order valence-electron chi connectivity index (χ3n) is 5.22. The van der Waals surface area contributed by atoms with Gasteiger partial charge in [0, 0.05) is 11.1 Å². The number of hydrogen-bond acceptors (Lipinski definition) is 2. The minimum Gasteiger partial charge on any atom is -0.324 e. The monoisotopic (exact) mass is 303 g/mol. The SMILES string of the molecule is CC(C)n1c(C2NCC3CCCC32)nc2cc(Cl)ccc21. The first-order valence-corrected chi connectivity index (χ1v) is 8.43. The van der Waals surface area contributed by atoms with Crippen LogP contribution in [0.5, 0.6) is 0 Å². The van der Waals surface area contributed by atoms with Crippen molar-refractivity contribution in [3.8, 4) is 0 Å². The highest BCUT2D eigenvalue weighted by molar-refractivity contribution is 6.31. The molecule has 2 aromatic rings. The number of halogens is 1. The summed E-state index contributed by atoms with van der Waals surface area (Å²) in [6.45, 7) is 5.62. The molecule has 0 spiro atoms. The highest BCUT2D eigenvalue weighted by atomic mass is 35.5. The molecule has 1 saturated heterocycles. The summed E-state index contributed by atoms with van der Waals surface area (Å²) in [5, 5.41) is 4.49. The molecular weight excluding hydrogens is 282 g/mol. The van der Waals surface area contributed by atoms with Crippen LogP contribution in [-0.4, -0.2) is 16.1 Å². The summed E-state index contributed by atoms with van der Waals surface area (Å²) in [6, 6.07) is 6.88. The number of fused-ring (bicyclic) bond motifs is 2. The quantitative estimate of drug-likeness (QED) is 0.895. The van der Waals surface area contributed by atoms with Gasteiger partial charge in [-0.2, -0.15) is 0 Å². The van der Waals surface area contributed by atoms with E-state index in [0.717, 1.165) is 28.9 Å². The van der Waals surface area contributed by atoms with Gasteiger partial charge in [0.25, 0.3) is 0 Å². The van der Waals surface area contributed by atoms with E-state index in [1.807, 2.05) is 12.1 Å². The van der Waals surface area contributed by atoms with Gasteiger partial charge in [-0.25, -0.2) is 4.98 Å². The number of imidazole rings is 1. The summed E-state index contributed by atoms with van der Waals surface area (Å²) in [4.78, 5) is 4.95. The molecule has 3 unspecified atom stereocenters. The first-order valence-electron chi connectivity index (χ1n) is 8.06. The van der Waals surface area contributed by atoms with E-state index >= 15 is 0 Å². The molecule has 2 heterocycles. The Bertz CT molecular complexity index is 676. The summed E-state index contributed by atoms with van der Waals surface area (Å²) >= 11 is 6.14. The Balaban J connectivity index is 1.85. The summed E-state index contributed by atoms with van der Waals surface area (Å²) in [7, 11) is 0. The van der Waals surface area contributed by atoms with Crippen LogP contribution in [0.25, 0.3) is 11.0 Å². The molecule has 21 heavy (non-hydrogen) atoms. The van der Waals surface area contributed by atoms with Gasteiger partial charge in [0.05, 0.1) is 17.1 Å². The van der Waals surface area contributed by atoms with Crippen molar-refractivity contribution in [2.45, 2.75) is 45.2 Å². The van der Waals surface area contributed by atoms with E-state index in [2.05, 4.69) is 29.8 Å². The highest BCUT2D eigenvalue weighted by Crippen LogP contribution is 2.45. The van der Waals surface area contributed by atoms with E-state index in [4.69, 9.17) is 16.6 Å². The van der Waals surface area contributed by atoms with Crippen molar-refractivity contribution >= 4 is 22.6 Å². The zero-order valence-corrected chi connectivity index (χ0v) is 13.4. The normalized spacial score (nSPS) is 28.7. The minimum absolute atomic E-state index is 0.408. The van der Waals surface area contributed by atoms with Crippen LogP contribution in [0.4, 0.5) is 0 Å². The predicted octanol–water partition coefficient (Wildman–Crippen LogP) is 4.33. The molecule has 1 aliphatic carbocycles. The van der Waals surface area contributed by atoms with Crippen molar-refractivity contribution in [3.05, 3.63) is 29.0 Å². The number of aromatic nitrogens is 2. The molecule has 1 aliphatic heterocycles. The minimum atomic E-state index is 0.408. The second-order valence-electron chi connectivity index (χ2n) is 6.81. The smallest absolute Gasteiger partial charge is 0.127 e. The van der Waals surface area contributed by atoms with Gasteiger partial charge in [-0.1, -0.05) is 18.0 Å². The lowest BCUT2D eigenvalue weighted by atomic mass is 9.93. The molecule has 1 saturated carbocycles. The van der Waals surface area contributed by atoms with Gasteiger partial charge in [0.2, 0.25) is 0 Å². The number of nitrogens with one attached hydrogen (secondary N) is 1. The Labute approximate surface area is 130 Å². The van der Waals surface area contributed by atoms with Gasteiger partial charge in [0.15, 0.2) is 0 Å². The van der Waals surface area contributed by atoms with Crippen LogP contribution in [-0.2, 0) is 0 Å². The lowest BCUT2D eigenvalue weighted by molar-refractivity contribution is 0.391. The Morgan fingerprint density at radius 1 is 1.33 bits per heavy atom. The van der Waals surface area contributed by atoms with E-state index in [-0.39, 0.29) is 0 Å². The molecule has 0 radical (unpaired) electrons. The second-order valence-corrected chi connectivity index (χ2v) is 7.24. The van der Waals surface area contributed by atoms with Crippen molar-refractivity contribution in [2.24, 2.45) is 11.8 Å². The molecule has 4 rings (SSSR count). The molecule has 1 aromatic heterocycles. The molecule has 4 heteroatoms. The maximum absolute atomic E-state index is 6.14. The van der Waals surface area contributed by atoms with E-state index in [9.17, 15) is 0 Å². The van der Waals surface area contributed by atoms with Gasteiger partial charge < -0.3 is 9.88 Å². The van der Waals surface area contributed by atoms with Crippen LogP contribution < -0.4 is 5.32 Å². The summed E-state index contributed by atoms with van der Waals surface area (Å²) in [5.74, 6) is 2.81. The fourth-order valence-corrected chi connectivity index (χ4v) is 4.49. The zero-order valence-electron chi connectivity index (χ0n) is 12.6. The summed E-state index contributed by atoms with van der Waals surface area (Å²) in [5.41, 5.74) is 2.22. The van der Waals surface area contributed by atoms with Crippen LogP contribution in [0.15, 0.2) is 18.2 Å². The Morgan fingerprint density at radius 2 is 2.19 bits per heavy atom. The summed E-state index contributed by atoms with van der Waals surface area (Å²) < 4.78 is 2.39. The third kappa shape index (κ3) is 2.09.